The van der Waals surface area contributed by atoms with E-state index in [2.05, 4.69) is 0 Å². The van der Waals surface area contributed by atoms with Gasteiger partial charge in [0.05, 0.1) is 6.61 Å². The molecular weight excluding hydrogens is 322 g/mol. The van der Waals surface area contributed by atoms with Crippen LogP contribution in [0.25, 0.3) is 0 Å². The van der Waals surface area contributed by atoms with E-state index in [-0.39, 0.29) is 11.7 Å². The van der Waals surface area contributed by atoms with Crippen LogP contribution in [0.5, 0.6) is 5.75 Å². The summed E-state index contributed by atoms with van der Waals surface area (Å²) in [6.07, 6.45) is 2.18. The molecule has 1 saturated heterocycles. The fraction of sp³-hybridized carbons (Fsp3) is 0.579. The molecule has 25 heavy (non-hydrogen) atoms. The molecule has 0 aromatic heterocycles. The lowest BCUT2D eigenvalue weighted by molar-refractivity contribution is 0.0204. The van der Waals surface area contributed by atoms with E-state index in [0.29, 0.717) is 31.4 Å². The van der Waals surface area contributed by atoms with Crippen molar-refractivity contribution in [2.45, 2.75) is 51.6 Å². The van der Waals surface area contributed by atoms with Gasteiger partial charge in [0.1, 0.15) is 16.9 Å². The molecule has 6 heteroatoms. The standard InChI is InChI=1S/C19H25NO5/c1-19(2,3)25-18(23)20-9-6-12(7-10-20)13-4-5-15(17(21)22)16-14(13)8-11-24-16/h4-5,12H,6-11H2,1-3H3,(H,21,22). The van der Waals surface area contributed by atoms with Crippen LogP contribution in [0.2, 0.25) is 0 Å². The number of likely N-dealkylation sites (tertiary alicyclic amines) is 1. The van der Waals surface area contributed by atoms with Crippen LogP contribution in [0, 0.1) is 0 Å². The smallest absolute Gasteiger partial charge is 0.410 e. The van der Waals surface area contributed by atoms with E-state index in [4.69, 9.17) is 9.47 Å². The van der Waals surface area contributed by atoms with E-state index in [1.165, 1.54) is 5.56 Å². The van der Waals surface area contributed by atoms with Gasteiger partial charge >= 0.3 is 12.1 Å². The highest BCUT2D eigenvalue weighted by atomic mass is 16.6. The number of ether oxygens (including phenoxy) is 2. The molecule has 1 aromatic rings. The van der Waals surface area contributed by atoms with Crippen molar-refractivity contribution < 1.29 is 24.2 Å². The van der Waals surface area contributed by atoms with Gasteiger partial charge in [-0.15, -0.1) is 0 Å². The first-order valence-corrected chi connectivity index (χ1v) is 8.76. The Morgan fingerprint density at radius 1 is 1.24 bits per heavy atom. The summed E-state index contributed by atoms with van der Waals surface area (Å²) in [7, 11) is 0. The second-order valence-corrected chi connectivity index (χ2v) is 7.66. The lowest BCUT2D eigenvalue weighted by Crippen LogP contribution is -2.41. The molecule has 0 spiro atoms. The monoisotopic (exact) mass is 347 g/mol. The van der Waals surface area contributed by atoms with Crippen molar-refractivity contribution in [1.82, 2.24) is 4.90 Å². The maximum absolute atomic E-state index is 12.2. The lowest BCUT2D eigenvalue weighted by atomic mass is 9.85. The molecule has 2 aliphatic rings. The summed E-state index contributed by atoms with van der Waals surface area (Å²) >= 11 is 0. The number of amides is 1. The molecule has 2 aliphatic heterocycles. The van der Waals surface area contributed by atoms with E-state index in [1.54, 1.807) is 11.0 Å². The molecule has 0 bridgehead atoms. The third-order valence-corrected chi connectivity index (χ3v) is 4.71. The maximum Gasteiger partial charge on any atom is 0.410 e. The number of nitrogens with zero attached hydrogens (tertiary/aromatic N) is 1. The number of benzene rings is 1. The second kappa shape index (κ2) is 6.58. The summed E-state index contributed by atoms with van der Waals surface area (Å²) in [5.41, 5.74) is 1.94. The van der Waals surface area contributed by atoms with Gasteiger partial charge in [0.25, 0.3) is 0 Å². The van der Waals surface area contributed by atoms with Crippen molar-refractivity contribution in [2.75, 3.05) is 19.7 Å². The number of fused-ring (bicyclic) bond motifs is 1. The van der Waals surface area contributed by atoms with Crippen LogP contribution in [-0.4, -0.2) is 47.4 Å². The minimum absolute atomic E-state index is 0.238. The summed E-state index contributed by atoms with van der Waals surface area (Å²) in [5, 5.41) is 9.30. The largest absolute Gasteiger partial charge is 0.492 e. The van der Waals surface area contributed by atoms with Gasteiger partial charge in [0, 0.05) is 25.1 Å². The Morgan fingerprint density at radius 2 is 1.92 bits per heavy atom. The third kappa shape index (κ3) is 3.72. The van der Waals surface area contributed by atoms with Crippen LogP contribution in [0.15, 0.2) is 12.1 Å². The van der Waals surface area contributed by atoms with Crippen LogP contribution in [0.1, 0.15) is 61.0 Å². The minimum atomic E-state index is -0.954. The van der Waals surface area contributed by atoms with Crippen molar-refractivity contribution in [3.05, 3.63) is 28.8 Å². The average Bonchev–Trinajstić information content (AvgIpc) is 3.01. The van der Waals surface area contributed by atoms with Crippen LogP contribution < -0.4 is 4.74 Å². The number of carboxylic acids is 1. The van der Waals surface area contributed by atoms with Crippen molar-refractivity contribution in [2.24, 2.45) is 0 Å². The zero-order valence-corrected chi connectivity index (χ0v) is 15.0. The number of carbonyl (C=O) groups excluding carboxylic acids is 1. The predicted octanol–water partition coefficient (Wildman–Crippen LogP) is 3.43. The number of hydrogen-bond acceptors (Lipinski definition) is 4. The molecule has 1 N–H and O–H groups in total. The number of aromatic carboxylic acids is 1. The van der Waals surface area contributed by atoms with E-state index in [0.717, 1.165) is 24.8 Å². The van der Waals surface area contributed by atoms with Gasteiger partial charge in [-0.2, -0.15) is 0 Å². The Kier molecular flexibility index (Phi) is 4.62. The fourth-order valence-corrected chi connectivity index (χ4v) is 3.57. The van der Waals surface area contributed by atoms with Gasteiger partial charge in [-0.05, 0) is 51.2 Å². The molecule has 6 nitrogen and oxygen atoms in total. The number of carbonyl (C=O) groups is 2. The van der Waals surface area contributed by atoms with E-state index in [9.17, 15) is 14.7 Å². The van der Waals surface area contributed by atoms with Gasteiger partial charge in [0.15, 0.2) is 0 Å². The van der Waals surface area contributed by atoms with Crippen LogP contribution in [0.3, 0.4) is 0 Å². The maximum atomic E-state index is 12.2. The quantitative estimate of drug-likeness (QED) is 0.887. The van der Waals surface area contributed by atoms with Crippen LogP contribution in [0.4, 0.5) is 4.79 Å². The average molecular weight is 347 g/mol. The van der Waals surface area contributed by atoms with Gasteiger partial charge in [-0.1, -0.05) is 6.07 Å². The lowest BCUT2D eigenvalue weighted by Gasteiger charge is -2.34. The zero-order valence-electron chi connectivity index (χ0n) is 15.0. The Bertz CT molecular complexity index is 684. The van der Waals surface area contributed by atoms with Crippen molar-refractivity contribution in [3.63, 3.8) is 0 Å². The van der Waals surface area contributed by atoms with E-state index in [1.807, 2.05) is 26.8 Å². The summed E-state index contributed by atoms with van der Waals surface area (Å²) in [5.74, 6) is -0.110. The first-order valence-electron chi connectivity index (χ1n) is 8.76. The van der Waals surface area contributed by atoms with E-state index < -0.39 is 11.6 Å². The molecule has 0 aliphatic carbocycles. The van der Waals surface area contributed by atoms with Gasteiger partial charge in [-0.3, -0.25) is 0 Å². The molecule has 1 fully saturated rings. The second-order valence-electron chi connectivity index (χ2n) is 7.66. The van der Waals surface area contributed by atoms with Gasteiger partial charge < -0.3 is 19.5 Å². The summed E-state index contributed by atoms with van der Waals surface area (Å²) in [6.45, 7) is 7.43. The molecule has 136 valence electrons. The normalized spacial score (nSPS) is 17.8. The predicted molar refractivity (Wildman–Crippen MR) is 92.4 cm³/mol. The Morgan fingerprint density at radius 3 is 2.52 bits per heavy atom. The van der Waals surface area contributed by atoms with Crippen molar-refractivity contribution in [3.8, 4) is 5.75 Å². The van der Waals surface area contributed by atoms with Crippen molar-refractivity contribution >= 4 is 12.1 Å². The Hall–Kier alpha value is -2.24. The molecule has 0 radical (unpaired) electrons. The molecule has 1 amide bonds. The minimum Gasteiger partial charge on any atom is -0.492 e. The molecule has 1 aromatic carbocycles. The Balaban J connectivity index is 1.71. The third-order valence-electron chi connectivity index (χ3n) is 4.71. The molecule has 2 heterocycles. The topological polar surface area (TPSA) is 76.1 Å². The molecule has 0 saturated carbocycles. The van der Waals surface area contributed by atoms with E-state index >= 15 is 0 Å². The molecule has 3 rings (SSSR count). The first-order chi connectivity index (χ1) is 11.8. The summed E-state index contributed by atoms with van der Waals surface area (Å²) in [6, 6.07) is 3.56. The number of rotatable bonds is 2. The fourth-order valence-electron chi connectivity index (χ4n) is 3.57. The highest BCUT2D eigenvalue weighted by Gasteiger charge is 2.31. The number of piperidine rings is 1. The SMILES string of the molecule is CC(C)(C)OC(=O)N1CCC(c2ccc(C(=O)O)c3c2CCO3)CC1. The molecule has 0 atom stereocenters. The Labute approximate surface area is 147 Å². The zero-order chi connectivity index (χ0) is 18.2. The molecule has 0 unspecified atom stereocenters. The van der Waals surface area contributed by atoms with Crippen molar-refractivity contribution in [1.29, 1.82) is 0 Å². The number of carboxylic acid groups (broad SMARTS) is 1. The van der Waals surface area contributed by atoms with Crippen LogP contribution in [-0.2, 0) is 11.2 Å². The van der Waals surface area contributed by atoms with Gasteiger partial charge in [0.2, 0.25) is 0 Å². The highest BCUT2D eigenvalue weighted by Crippen LogP contribution is 2.39. The van der Waals surface area contributed by atoms with Gasteiger partial charge in [-0.25, -0.2) is 9.59 Å². The molecular formula is C19H25NO5. The van der Waals surface area contributed by atoms with Crippen LogP contribution >= 0.6 is 0 Å². The number of hydrogen-bond donors (Lipinski definition) is 1. The first kappa shape index (κ1) is 17.6. The summed E-state index contributed by atoms with van der Waals surface area (Å²) < 4.78 is 11.0. The highest BCUT2D eigenvalue weighted by molar-refractivity contribution is 5.92. The summed E-state index contributed by atoms with van der Waals surface area (Å²) in [4.78, 5) is 25.3.